The van der Waals surface area contributed by atoms with Crippen LogP contribution in [0.1, 0.15) is 10.5 Å². The molecule has 0 spiro atoms. The molecule has 0 radical (unpaired) electrons. The number of pyridine rings is 1. The number of ether oxygens (including phenoxy) is 1. The number of hydrogen-bond donors (Lipinski definition) is 0. The zero-order chi connectivity index (χ0) is 10.4. The van der Waals surface area contributed by atoms with Crippen LogP contribution in [-0.4, -0.2) is 12.1 Å². The monoisotopic (exact) mass is 200 g/mol. The molecule has 0 amide bonds. The van der Waals surface area contributed by atoms with Crippen LogP contribution in [0.25, 0.3) is 10.8 Å². The highest BCUT2D eigenvalue weighted by atomic mass is 16.6. The standard InChI is InChI=1S/C11H6NO3/c13-10-9-5-7-3-1-2-4-8(7)6-12(9)11(14)15-10/h1-6H/q+1. The Kier molecular flexibility index (Phi) is 1.42. The summed E-state index contributed by atoms with van der Waals surface area (Å²) in [6.45, 7) is 0. The van der Waals surface area contributed by atoms with Gasteiger partial charge in [0.1, 0.15) is 0 Å². The van der Waals surface area contributed by atoms with E-state index in [2.05, 4.69) is 4.74 Å². The molecule has 0 saturated carbocycles. The molecule has 1 aromatic heterocycles. The first kappa shape index (κ1) is 8.11. The zero-order valence-corrected chi connectivity index (χ0v) is 7.64. The van der Waals surface area contributed by atoms with E-state index in [9.17, 15) is 9.59 Å². The Bertz CT molecular complexity index is 551. The average molecular weight is 200 g/mol. The average Bonchev–Trinajstić information content (AvgIpc) is 2.52. The Morgan fingerprint density at radius 1 is 1.07 bits per heavy atom. The second kappa shape index (κ2) is 2.63. The van der Waals surface area contributed by atoms with Gasteiger partial charge < -0.3 is 4.74 Å². The number of carbonyl (C=O) groups is 2. The number of benzene rings is 1. The second-order valence-electron chi connectivity index (χ2n) is 3.31. The molecule has 4 heteroatoms. The van der Waals surface area contributed by atoms with Crippen molar-refractivity contribution in [3.05, 3.63) is 42.2 Å². The van der Waals surface area contributed by atoms with Crippen LogP contribution in [0.15, 0.2) is 36.5 Å². The number of carbonyl (C=O) groups excluding carboxylic acids is 2. The number of nitrogens with zero attached hydrogens (tertiary/aromatic N) is 1. The molecular formula is C11H6NO3+. The highest BCUT2D eigenvalue weighted by Gasteiger charge is 2.39. The van der Waals surface area contributed by atoms with E-state index >= 15 is 0 Å². The summed E-state index contributed by atoms with van der Waals surface area (Å²) in [6.07, 6.45) is 0.971. The van der Waals surface area contributed by atoms with E-state index in [-0.39, 0.29) is 5.69 Å². The van der Waals surface area contributed by atoms with Gasteiger partial charge in [-0.1, -0.05) is 22.8 Å². The van der Waals surface area contributed by atoms with Crippen LogP contribution in [0.2, 0.25) is 0 Å². The van der Waals surface area contributed by atoms with Crippen molar-refractivity contribution in [1.82, 2.24) is 0 Å². The van der Waals surface area contributed by atoms with Gasteiger partial charge in [0.2, 0.25) is 0 Å². The van der Waals surface area contributed by atoms with Gasteiger partial charge in [0.05, 0.1) is 0 Å². The lowest BCUT2D eigenvalue weighted by Gasteiger charge is -1.92. The molecular weight excluding hydrogens is 194 g/mol. The normalized spacial score (nSPS) is 14.1. The van der Waals surface area contributed by atoms with E-state index in [1.54, 1.807) is 12.3 Å². The summed E-state index contributed by atoms with van der Waals surface area (Å²) >= 11 is 0. The lowest BCUT2D eigenvalue weighted by molar-refractivity contribution is -0.573. The van der Waals surface area contributed by atoms with Crippen LogP contribution in [0.3, 0.4) is 0 Å². The van der Waals surface area contributed by atoms with Gasteiger partial charge in [-0.05, 0) is 11.5 Å². The van der Waals surface area contributed by atoms with Gasteiger partial charge >= 0.3 is 17.8 Å². The summed E-state index contributed by atoms with van der Waals surface area (Å²) in [4.78, 5) is 22.5. The summed E-state index contributed by atoms with van der Waals surface area (Å²) in [6, 6.07) is 9.16. The van der Waals surface area contributed by atoms with Crippen molar-refractivity contribution in [3.63, 3.8) is 0 Å². The summed E-state index contributed by atoms with van der Waals surface area (Å²) in [5, 5.41) is 1.81. The van der Waals surface area contributed by atoms with Crippen molar-refractivity contribution in [2.75, 3.05) is 0 Å². The number of cyclic esters (lactones) is 2. The van der Waals surface area contributed by atoms with Gasteiger partial charge in [-0.2, -0.15) is 4.79 Å². The molecule has 0 unspecified atom stereocenters. The highest BCUT2D eigenvalue weighted by Crippen LogP contribution is 2.15. The van der Waals surface area contributed by atoms with Gasteiger partial charge in [-0.15, -0.1) is 0 Å². The van der Waals surface area contributed by atoms with Gasteiger partial charge in [0.25, 0.3) is 0 Å². The highest BCUT2D eigenvalue weighted by molar-refractivity contribution is 5.99. The number of rotatable bonds is 0. The minimum Gasteiger partial charge on any atom is -0.328 e. The van der Waals surface area contributed by atoms with E-state index in [1.807, 2.05) is 24.3 Å². The smallest absolute Gasteiger partial charge is 0.328 e. The molecule has 0 saturated heterocycles. The van der Waals surface area contributed by atoms with Gasteiger partial charge in [-0.3, -0.25) is 0 Å². The van der Waals surface area contributed by atoms with Crippen LogP contribution < -0.4 is 4.57 Å². The summed E-state index contributed by atoms with van der Waals surface area (Å²) in [5.74, 6) is -0.592. The van der Waals surface area contributed by atoms with Crippen LogP contribution in [0.5, 0.6) is 0 Å². The van der Waals surface area contributed by atoms with Crippen LogP contribution in [0, 0.1) is 0 Å². The van der Waals surface area contributed by atoms with Crippen molar-refractivity contribution < 1.29 is 18.9 Å². The molecule has 0 fully saturated rings. The molecule has 0 bridgehead atoms. The summed E-state index contributed by atoms with van der Waals surface area (Å²) in [7, 11) is 0. The maximum atomic E-state index is 11.3. The second-order valence-corrected chi connectivity index (χ2v) is 3.31. The molecule has 0 N–H and O–H groups in total. The molecule has 72 valence electrons. The maximum absolute atomic E-state index is 11.3. The lowest BCUT2D eigenvalue weighted by Crippen LogP contribution is -2.39. The zero-order valence-electron chi connectivity index (χ0n) is 7.64. The predicted molar refractivity (Wildman–Crippen MR) is 50.4 cm³/mol. The molecule has 2 heterocycles. The van der Waals surface area contributed by atoms with E-state index in [4.69, 9.17) is 0 Å². The number of fused-ring (bicyclic) bond motifs is 2. The molecule has 2 aromatic rings. The molecule has 1 aromatic carbocycles. The van der Waals surface area contributed by atoms with E-state index < -0.39 is 12.1 Å². The first-order valence-corrected chi connectivity index (χ1v) is 4.47. The summed E-state index contributed by atoms with van der Waals surface area (Å²) in [5.41, 5.74) is 0.277. The first-order chi connectivity index (χ1) is 7.25. The number of aromatic nitrogens is 1. The van der Waals surface area contributed by atoms with Gasteiger partial charge in [0.15, 0.2) is 6.20 Å². The van der Waals surface area contributed by atoms with E-state index in [1.165, 1.54) is 4.57 Å². The Balaban J connectivity index is 2.41. The molecule has 3 rings (SSSR count). The number of hydrogen-bond acceptors (Lipinski definition) is 3. The number of esters is 1. The fourth-order valence-corrected chi connectivity index (χ4v) is 1.67. The van der Waals surface area contributed by atoms with Crippen LogP contribution in [-0.2, 0) is 4.74 Å². The molecule has 15 heavy (non-hydrogen) atoms. The fourth-order valence-electron chi connectivity index (χ4n) is 1.67. The molecule has 4 nitrogen and oxygen atoms in total. The summed E-state index contributed by atoms with van der Waals surface area (Å²) < 4.78 is 5.71. The Hall–Kier alpha value is -2.23. The SMILES string of the molecule is O=C1OC(=O)[n+]2cc3ccccc3cc21. The van der Waals surface area contributed by atoms with E-state index in [0.29, 0.717) is 0 Å². The minimum absolute atomic E-state index is 0.277. The Morgan fingerprint density at radius 3 is 2.60 bits per heavy atom. The topological polar surface area (TPSA) is 47.3 Å². The van der Waals surface area contributed by atoms with Gasteiger partial charge in [0, 0.05) is 11.5 Å². The molecule has 1 aliphatic heterocycles. The quantitative estimate of drug-likeness (QED) is 0.365. The molecule has 0 atom stereocenters. The van der Waals surface area contributed by atoms with Crippen molar-refractivity contribution in [3.8, 4) is 0 Å². The van der Waals surface area contributed by atoms with Crippen molar-refractivity contribution >= 4 is 22.8 Å². The molecule has 1 aliphatic rings. The van der Waals surface area contributed by atoms with Gasteiger partial charge in [-0.25, -0.2) is 4.79 Å². The maximum Gasteiger partial charge on any atom is 0.611 e. The Morgan fingerprint density at radius 2 is 1.80 bits per heavy atom. The minimum atomic E-state index is -0.638. The third-order valence-electron chi connectivity index (χ3n) is 2.40. The van der Waals surface area contributed by atoms with Crippen molar-refractivity contribution in [2.24, 2.45) is 0 Å². The van der Waals surface area contributed by atoms with Crippen LogP contribution in [0.4, 0.5) is 4.79 Å². The van der Waals surface area contributed by atoms with Crippen molar-refractivity contribution in [1.29, 1.82) is 0 Å². The van der Waals surface area contributed by atoms with Crippen LogP contribution >= 0.6 is 0 Å². The first-order valence-electron chi connectivity index (χ1n) is 4.47. The predicted octanol–water partition coefficient (Wildman–Crippen LogP) is 1.27. The van der Waals surface area contributed by atoms with E-state index in [0.717, 1.165) is 10.8 Å². The third-order valence-corrected chi connectivity index (χ3v) is 2.40. The molecule has 0 aliphatic carbocycles. The largest absolute Gasteiger partial charge is 0.611 e. The third kappa shape index (κ3) is 1.05. The van der Waals surface area contributed by atoms with Crippen molar-refractivity contribution in [2.45, 2.75) is 0 Å². The lowest BCUT2D eigenvalue weighted by atomic mass is 10.1. The Labute approximate surface area is 84.7 Å². The fraction of sp³-hybridized carbons (Fsp3) is 0.